The predicted octanol–water partition coefficient (Wildman–Crippen LogP) is 4.13. The van der Waals surface area contributed by atoms with Crippen LogP contribution in [0.2, 0.25) is 0 Å². The van der Waals surface area contributed by atoms with Crippen molar-refractivity contribution in [3.05, 3.63) is 47.2 Å². The van der Waals surface area contributed by atoms with E-state index >= 15 is 0 Å². The Labute approximate surface area is 182 Å². The first-order valence-electron chi connectivity index (χ1n) is 11.2. The van der Waals surface area contributed by atoms with Crippen LogP contribution in [0.4, 0.5) is 4.79 Å². The lowest BCUT2D eigenvalue weighted by Crippen LogP contribution is -2.42. The molecule has 0 bridgehead atoms. The van der Waals surface area contributed by atoms with Gasteiger partial charge in [-0.05, 0) is 51.2 Å². The summed E-state index contributed by atoms with van der Waals surface area (Å²) in [6.07, 6.45) is 12.0. The third kappa shape index (κ3) is 3.99. The van der Waals surface area contributed by atoms with Crippen molar-refractivity contribution in [2.45, 2.75) is 58.0 Å². The van der Waals surface area contributed by atoms with Crippen LogP contribution >= 0.6 is 0 Å². The first kappa shape index (κ1) is 20.2. The van der Waals surface area contributed by atoms with E-state index in [9.17, 15) is 4.79 Å². The van der Waals surface area contributed by atoms with Crippen LogP contribution in [0, 0.1) is 0 Å². The zero-order chi connectivity index (χ0) is 21.6. The second-order valence-electron chi connectivity index (χ2n) is 9.59. The van der Waals surface area contributed by atoms with Crippen molar-refractivity contribution < 1.29 is 14.3 Å². The van der Waals surface area contributed by atoms with E-state index in [-0.39, 0.29) is 12.0 Å². The highest BCUT2D eigenvalue weighted by Gasteiger charge is 2.30. The molecule has 0 radical (unpaired) electrons. The van der Waals surface area contributed by atoms with Gasteiger partial charge in [0.15, 0.2) is 5.65 Å². The van der Waals surface area contributed by atoms with Gasteiger partial charge in [-0.15, -0.1) is 0 Å². The maximum Gasteiger partial charge on any atom is 0.410 e. The van der Waals surface area contributed by atoms with Crippen LogP contribution in [-0.4, -0.2) is 57.3 Å². The number of fused-ring (bicyclic) bond motifs is 3. The lowest BCUT2D eigenvalue weighted by molar-refractivity contribution is 0.0197. The highest BCUT2D eigenvalue weighted by molar-refractivity contribution is 5.82. The highest BCUT2D eigenvalue weighted by atomic mass is 16.6. The number of imidazole rings is 1. The van der Waals surface area contributed by atoms with Crippen molar-refractivity contribution in [3.8, 4) is 0 Å². The molecule has 5 rings (SSSR count). The second-order valence-corrected chi connectivity index (χ2v) is 9.59. The fourth-order valence-corrected chi connectivity index (χ4v) is 4.71. The summed E-state index contributed by atoms with van der Waals surface area (Å²) in [5.41, 5.74) is 6.25. The van der Waals surface area contributed by atoms with E-state index in [1.807, 2.05) is 31.9 Å². The fourth-order valence-electron chi connectivity index (χ4n) is 4.71. The molecule has 7 heteroatoms. The van der Waals surface area contributed by atoms with Crippen molar-refractivity contribution in [1.29, 1.82) is 0 Å². The summed E-state index contributed by atoms with van der Waals surface area (Å²) in [6, 6.07) is 0. The van der Waals surface area contributed by atoms with Crippen LogP contribution in [0.25, 0.3) is 11.2 Å². The van der Waals surface area contributed by atoms with Crippen molar-refractivity contribution in [1.82, 2.24) is 19.3 Å². The molecule has 7 nitrogen and oxygen atoms in total. The highest BCUT2D eigenvalue weighted by Crippen LogP contribution is 2.36. The number of rotatable bonds is 2. The average molecular weight is 423 g/mol. The van der Waals surface area contributed by atoms with Crippen LogP contribution in [0.5, 0.6) is 0 Å². The van der Waals surface area contributed by atoms with Gasteiger partial charge in [0.25, 0.3) is 0 Å². The molecule has 1 saturated heterocycles. The van der Waals surface area contributed by atoms with E-state index in [1.165, 1.54) is 11.1 Å². The van der Waals surface area contributed by atoms with Gasteiger partial charge in [0.05, 0.1) is 36.5 Å². The van der Waals surface area contributed by atoms with E-state index in [0.29, 0.717) is 13.2 Å². The zero-order valence-corrected chi connectivity index (χ0v) is 18.6. The Bertz CT molecular complexity index is 1080. The Balaban J connectivity index is 1.43. The molecule has 2 aromatic heterocycles. The number of amides is 1. The summed E-state index contributed by atoms with van der Waals surface area (Å²) < 4.78 is 13.3. The van der Waals surface area contributed by atoms with E-state index < -0.39 is 5.60 Å². The summed E-state index contributed by atoms with van der Waals surface area (Å²) >= 11 is 0. The molecular weight excluding hydrogens is 392 g/mol. The molecule has 1 aliphatic carbocycles. The van der Waals surface area contributed by atoms with Gasteiger partial charge in [-0.25, -0.2) is 9.78 Å². The maximum atomic E-state index is 12.6. The van der Waals surface area contributed by atoms with E-state index in [1.54, 1.807) is 0 Å². The summed E-state index contributed by atoms with van der Waals surface area (Å²) in [5.74, 6) is 0.202. The summed E-state index contributed by atoms with van der Waals surface area (Å²) in [5, 5.41) is 0. The molecule has 0 saturated carbocycles. The monoisotopic (exact) mass is 422 g/mol. The molecule has 1 amide bonds. The average Bonchev–Trinajstić information content (AvgIpc) is 3.37. The number of allylic oxidation sites excluding steroid dienone is 2. The third-order valence-corrected chi connectivity index (χ3v) is 6.16. The molecular formula is C24H30N4O3. The lowest BCUT2D eigenvalue weighted by atomic mass is 9.95. The van der Waals surface area contributed by atoms with E-state index in [2.05, 4.69) is 22.7 Å². The van der Waals surface area contributed by atoms with Gasteiger partial charge in [0, 0.05) is 31.6 Å². The number of carbonyl (C=O) groups is 1. The predicted molar refractivity (Wildman–Crippen MR) is 118 cm³/mol. The molecule has 2 aliphatic heterocycles. The topological polar surface area (TPSA) is 69.0 Å². The van der Waals surface area contributed by atoms with Gasteiger partial charge >= 0.3 is 6.09 Å². The maximum absolute atomic E-state index is 12.6. The summed E-state index contributed by atoms with van der Waals surface area (Å²) in [7, 11) is 0. The number of hydrogen-bond acceptors (Lipinski definition) is 5. The Morgan fingerprint density at radius 3 is 2.94 bits per heavy atom. The number of carbonyl (C=O) groups excluding carboxylic acids is 1. The first-order chi connectivity index (χ1) is 14.9. The number of ether oxygens (including phenoxy) is 2. The van der Waals surface area contributed by atoms with Crippen molar-refractivity contribution in [2.24, 2.45) is 0 Å². The Hall–Kier alpha value is -2.67. The minimum absolute atomic E-state index is 0.202. The molecule has 1 unspecified atom stereocenters. The van der Waals surface area contributed by atoms with Gasteiger partial charge in [-0.3, -0.25) is 9.38 Å². The Kier molecular flexibility index (Phi) is 5.08. The normalized spacial score (nSPS) is 21.6. The van der Waals surface area contributed by atoms with Gasteiger partial charge < -0.3 is 14.4 Å². The molecule has 1 fully saturated rings. The van der Waals surface area contributed by atoms with Crippen LogP contribution in [0.15, 0.2) is 30.1 Å². The summed E-state index contributed by atoms with van der Waals surface area (Å²) in [6.45, 7) is 8.52. The molecule has 0 spiro atoms. The van der Waals surface area contributed by atoms with Crippen LogP contribution in [-0.2, 0) is 15.9 Å². The number of hydrogen-bond donors (Lipinski definition) is 0. The van der Waals surface area contributed by atoms with Gasteiger partial charge in [0.1, 0.15) is 5.60 Å². The Morgan fingerprint density at radius 1 is 1.29 bits per heavy atom. The SMILES string of the molecule is CC(C)(C)OC(=O)N1CCCC(c2cn3c4c(ncc3n2)CC=C4C2=CCOCC2)C1. The quantitative estimate of drug-likeness (QED) is 0.728. The van der Waals surface area contributed by atoms with Crippen molar-refractivity contribution >= 4 is 17.3 Å². The smallest absolute Gasteiger partial charge is 0.410 e. The molecule has 31 heavy (non-hydrogen) atoms. The minimum Gasteiger partial charge on any atom is -0.444 e. The standard InChI is InChI=1S/C24H30N4O3/c1-24(2,3)31-23(29)27-10-4-5-17(14-27)20-15-28-21(26-20)13-25-19-7-6-18(22(19)28)16-8-11-30-12-9-16/h6,8,13,15,17H,4-5,7,9-12,14H2,1-3H3. The molecule has 0 N–H and O–H groups in total. The van der Waals surface area contributed by atoms with Crippen LogP contribution in [0.3, 0.4) is 0 Å². The van der Waals surface area contributed by atoms with Crippen LogP contribution in [0.1, 0.15) is 63.0 Å². The third-order valence-electron chi connectivity index (χ3n) is 6.16. The van der Waals surface area contributed by atoms with Gasteiger partial charge in [-0.2, -0.15) is 0 Å². The second kappa shape index (κ2) is 7.79. The lowest BCUT2D eigenvalue weighted by Gasteiger charge is -2.33. The molecule has 4 heterocycles. The van der Waals surface area contributed by atoms with Crippen molar-refractivity contribution in [2.75, 3.05) is 26.3 Å². The van der Waals surface area contributed by atoms with E-state index in [0.717, 1.165) is 61.6 Å². The Morgan fingerprint density at radius 2 is 2.16 bits per heavy atom. The minimum atomic E-state index is -0.485. The van der Waals surface area contributed by atoms with Gasteiger partial charge in [0.2, 0.25) is 0 Å². The number of piperidine rings is 1. The molecule has 0 aromatic carbocycles. The number of likely N-dealkylation sites (tertiary alicyclic amines) is 1. The first-order valence-corrected chi connectivity index (χ1v) is 11.2. The fraction of sp³-hybridized carbons (Fsp3) is 0.542. The molecule has 164 valence electrons. The zero-order valence-electron chi connectivity index (χ0n) is 18.6. The number of nitrogens with zero attached hydrogens (tertiary/aromatic N) is 4. The molecule has 1 atom stereocenters. The molecule has 3 aliphatic rings. The summed E-state index contributed by atoms with van der Waals surface area (Å²) in [4.78, 5) is 24.0. The largest absolute Gasteiger partial charge is 0.444 e. The van der Waals surface area contributed by atoms with Crippen molar-refractivity contribution in [3.63, 3.8) is 0 Å². The number of aromatic nitrogens is 3. The molecule has 2 aromatic rings. The van der Waals surface area contributed by atoms with E-state index in [4.69, 9.17) is 19.4 Å². The van der Waals surface area contributed by atoms with Gasteiger partial charge in [-0.1, -0.05) is 12.2 Å². The van der Waals surface area contributed by atoms with Crippen LogP contribution < -0.4 is 0 Å².